The monoisotopic (exact) mass is 1130 g/mol. The molecular formula is C75H130O6. The molecule has 466 valence electrons. The van der Waals surface area contributed by atoms with Gasteiger partial charge in [0.15, 0.2) is 6.10 Å². The summed E-state index contributed by atoms with van der Waals surface area (Å²) >= 11 is 0. The van der Waals surface area contributed by atoms with Crippen LogP contribution in [0.2, 0.25) is 0 Å². The molecule has 6 nitrogen and oxygen atoms in total. The highest BCUT2D eigenvalue weighted by Crippen LogP contribution is 2.17. The Morgan fingerprint density at radius 3 is 0.765 bits per heavy atom. The van der Waals surface area contributed by atoms with Crippen LogP contribution in [0.4, 0.5) is 0 Å². The number of allylic oxidation sites excluding steroid dienone is 16. The van der Waals surface area contributed by atoms with Crippen LogP contribution < -0.4 is 0 Å². The van der Waals surface area contributed by atoms with E-state index in [2.05, 4.69) is 118 Å². The first-order valence-electron chi connectivity index (χ1n) is 34.7. The molecule has 0 amide bonds. The molecule has 0 spiro atoms. The molecule has 0 aliphatic rings. The summed E-state index contributed by atoms with van der Waals surface area (Å²) in [4.78, 5) is 38.4. The number of hydrogen-bond acceptors (Lipinski definition) is 6. The Hall–Kier alpha value is -3.67. The van der Waals surface area contributed by atoms with Crippen LogP contribution in [0.3, 0.4) is 0 Å². The maximum Gasteiger partial charge on any atom is 0.306 e. The number of carbonyl (C=O) groups excluding carboxylic acids is 3. The number of ether oxygens (including phenoxy) is 3. The topological polar surface area (TPSA) is 78.9 Å². The molecule has 0 rings (SSSR count). The zero-order valence-electron chi connectivity index (χ0n) is 53.5. The predicted octanol–water partition coefficient (Wildman–Crippen LogP) is 24.0. The second-order valence-electron chi connectivity index (χ2n) is 23.1. The minimum Gasteiger partial charge on any atom is -0.462 e. The molecule has 1 unspecified atom stereocenters. The van der Waals surface area contributed by atoms with Crippen LogP contribution in [-0.2, 0) is 28.6 Å². The molecule has 0 heterocycles. The SMILES string of the molecule is CC/C=C\C/C=C\C/C=C\C/C=C\C/C=C\C/C=C\CCCCCCCCCCCCCCCCC(=O)OCC(COC(=O)CCCCCCC/C=C\CCCCCCCC)OC(=O)CCCCCCC/C=C\CCCCCCCC. The van der Waals surface area contributed by atoms with Crippen molar-refractivity contribution in [3.05, 3.63) is 97.2 Å². The Morgan fingerprint density at radius 1 is 0.259 bits per heavy atom. The van der Waals surface area contributed by atoms with Gasteiger partial charge in [0.05, 0.1) is 0 Å². The van der Waals surface area contributed by atoms with Crippen LogP contribution in [0, 0.1) is 0 Å². The fourth-order valence-corrected chi connectivity index (χ4v) is 9.85. The van der Waals surface area contributed by atoms with Crippen molar-refractivity contribution >= 4 is 17.9 Å². The van der Waals surface area contributed by atoms with Crippen LogP contribution in [0.15, 0.2) is 97.2 Å². The van der Waals surface area contributed by atoms with Gasteiger partial charge in [0.1, 0.15) is 13.2 Å². The minimum absolute atomic E-state index is 0.0807. The van der Waals surface area contributed by atoms with Gasteiger partial charge in [0.2, 0.25) is 0 Å². The normalized spacial score (nSPS) is 12.7. The maximum atomic E-state index is 12.9. The van der Waals surface area contributed by atoms with Crippen molar-refractivity contribution in [1.82, 2.24) is 0 Å². The first kappa shape index (κ1) is 77.3. The summed E-state index contributed by atoms with van der Waals surface area (Å²) in [5.74, 6) is -0.884. The lowest BCUT2D eigenvalue weighted by atomic mass is 10.0. The summed E-state index contributed by atoms with van der Waals surface area (Å²) in [5, 5.41) is 0. The summed E-state index contributed by atoms with van der Waals surface area (Å²) in [6.45, 7) is 6.54. The van der Waals surface area contributed by atoms with Gasteiger partial charge in [-0.15, -0.1) is 0 Å². The zero-order chi connectivity index (χ0) is 58.5. The molecule has 1 atom stereocenters. The quantitative estimate of drug-likeness (QED) is 0.0261. The van der Waals surface area contributed by atoms with E-state index in [4.69, 9.17) is 14.2 Å². The number of rotatable bonds is 63. The van der Waals surface area contributed by atoms with Gasteiger partial charge in [-0.1, -0.05) is 298 Å². The first-order valence-corrected chi connectivity index (χ1v) is 34.7. The Labute approximate surface area is 502 Å². The molecule has 0 aromatic heterocycles. The lowest BCUT2D eigenvalue weighted by molar-refractivity contribution is -0.167. The highest BCUT2D eigenvalue weighted by Gasteiger charge is 2.19. The Kier molecular flexibility index (Phi) is 65.7. The van der Waals surface area contributed by atoms with E-state index in [9.17, 15) is 14.4 Å². The molecule has 0 aliphatic carbocycles. The Morgan fingerprint density at radius 2 is 0.481 bits per heavy atom. The third-order valence-electron chi connectivity index (χ3n) is 15.0. The third kappa shape index (κ3) is 67.0. The van der Waals surface area contributed by atoms with E-state index < -0.39 is 6.10 Å². The van der Waals surface area contributed by atoms with Gasteiger partial charge in [0.25, 0.3) is 0 Å². The van der Waals surface area contributed by atoms with Crippen molar-refractivity contribution in [2.45, 2.75) is 348 Å². The highest BCUT2D eigenvalue weighted by atomic mass is 16.6. The maximum absolute atomic E-state index is 12.9. The first-order chi connectivity index (χ1) is 40.0. The summed E-state index contributed by atoms with van der Waals surface area (Å²) < 4.78 is 16.9. The number of carbonyl (C=O) groups is 3. The summed E-state index contributed by atoms with van der Waals surface area (Å²) in [7, 11) is 0. The fraction of sp³-hybridized carbons (Fsp3) is 0.747. The van der Waals surface area contributed by atoms with Crippen molar-refractivity contribution < 1.29 is 28.6 Å². The van der Waals surface area contributed by atoms with Gasteiger partial charge in [-0.05, 0) is 122 Å². The molecule has 6 heteroatoms. The van der Waals surface area contributed by atoms with Gasteiger partial charge in [-0.25, -0.2) is 0 Å². The molecule has 0 aromatic rings. The van der Waals surface area contributed by atoms with E-state index in [0.29, 0.717) is 19.3 Å². The Bertz CT molecular complexity index is 1580. The average molecular weight is 1130 g/mol. The molecule has 81 heavy (non-hydrogen) atoms. The van der Waals surface area contributed by atoms with Crippen LogP contribution in [-0.4, -0.2) is 37.2 Å². The molecular weight excluding hydrogens is 997 g/mol. The zero-order valence-corrected chi connectivity index (χ0v) is 53.5. The van der Waals surface area contributed by atoms with E-state index in [0.717, 1.165) is 116 Å². The lowest BCUT2D eigenvalue weighted by Crippen LogP contribution is -2.30. The molecule has 0 fully saturated rings. The summed E-state index contributed by atoms with van der Waals surface area (Å²) in [5.41, 5.74) is 0. The lowest BCUT2D eigenvalue weighted by Gasteiger charge is -2.18. The van der Waals surface area contributed by atoms with Gasteiger partial charge >= 0.3 is 17.9 Å². The standard InChI is InChI=1S/C75H130O6/c1-4-7-10-13-16-19-22-25-28-29-30-31-32-33-34-35-36-37-38-39-40-41-42-43-44-45-48-50-53-56-59-62-65-68-74(77)80-71-72(81-75(78)69-66-63-60-57-54-51-47-27-24-21-18-15-12-9-6-3)70-79-73(76)67-64-61-58-55-52-49-46-26-23-20-17-14-11-8-5-2/h7,10,16,19,25-28,30-31,33-34,36-37,46-47,72H,4-6,8-9,11-15,17-18,20-24,29,32,35,38-45,48-71H2,1-3H3/b10-7-,19-16-,28-25-,31-30-,34-33-,37-36-,46-26-,47-27-. The Balaban J connectivity index is 4.21. The summed E-state index contributed by atoms with van der Waals surface area (Å²) in [6, 6.07) is 0. The van der Waals surface area contributed by atoms with Gasteiger partial charge in [-0.3, -0.25) is 14.4 Å². The second kappa shape index (κ2) is 68.8. The highest BCUT2D eigenvalue weighted by molar-refractivity contribution is 5.71. The van der Waals surface area contributed by atoms with E-state index in [1.54, 1.807) is 0 Å². The average Bonchev–Trinajstić information content (AvgIpc) is 3.47. The summed E-state index contributed by atoms with van der Waals surface area (Å²) in [6.07, 6.45) is 92.9. The minimum atomic E-state index is -0.785. The van der Waals surface area contributed by atoms with Crippen LogP contribution in [0.25, 0.3) is 0 Å². The van der Waals surface area contributed by atoms with E-state index >= 15 is 0 Å². The van der Waals surface area contributed by atoms with Crippen molar-refractivity contribution in [3.63, 3.8) is 0 Å². The van der Waals surface area contributed by atoms with Crippen molar-refractivity contribution in [1.29, 1.82) is 0 Å². The predicted molar refractivity (Wildman–Crippen MR) is 353 cm³/mol. The number of hydrogen-bond donors (Lipinski definition) is 0. The molecule has 0 bridgehead atoms. The molecule has 0 saturated carbocycles. The van der Waals surface area contributed by atoms with Crippen LogP contribution in [0.1, 0.15) is 342 Å². The van der Waals surface area contributed by atoms with Gasteiger partial charge in [-0.2, -0.15) is 0 Å². The molecule has 0 aliphatic heterocycles. The van der Waals surface area contributed by atoms with Crippen molar-refractivity contribution in [2.75, 3.05) is 13.2 Å². The van der Waals surface area contributed by atoms with E-state index in [-0.39, 0.29) is 31.1 Å². The third-order valence-corrected chi connectivity index (χ3v) is 15.0. The smallest absolute Gasteiger partial charge is 0.306 e. The van der Waals surface area contributed by atoms with Crippen LogP contribution >= 0.6 is 0 Å². The largest absolute Gasteiger partial charge is 0.462 e. The number of unbranched alkanes of at least 4 members (excludes halogenated alkanes) is 36. The van der Waals surface area contributed by atoms with Gasteiger partial charge < -0.3 is 14.2 Å². The fourth-order valence-electron chi connectivity index (χ4n) is 9.85. The second-order valence-corrected chi connectivity index (χ2v) is 23.1. The van der Waals surface area contributed by atoms with Gasteiger partial charge in [0, 0.05) is 19.3 Å². The van der Waals surface area contributed by atoms with E-state index in [1.165, 1.54) is 186 Å². The molecule has 0 N–H and O–H groups in total. The van der Waals surface area contributed by atoms with Crippen LogP contribution in [0.5, 0.6) is 0 Å². The van der Waals surface area contributed by atoms with E-state index in [1.807, 2.05) is 0 Å². The molecule has 0 radical (unpaired) electrons. The van der Waals surface area contributed by atoms with Crippen molar-refractivity contribution in [3.8, 4) is 0 Å². The molecule has 0 aromatic carbocycles. The number of esters is 3. The van der Waals surface area contributed by atoms with Crippen molar-refractivity contribution in [2.24, 2.45) is 0 Å². The molecule has 0 saturated heterocycles.